The first-order valence-corrected chi connectivity index (χ1v) is 5.87. The maximum Gasteiger partial charge on any atom is 0.187 e. The zero-order valence-corrected chi connectivity index (χ0v) is 9.87. The number of rotatable bonds is 5. The number of aliphatic hydroxyl groups is 1. The second-order valence-corrected chi connectivity index (χ2v) is 4.66. The molecular formula is C10H17N3OS. The molecule has 0 aromatic carbocycles. The molecule has 0 radical (unpaired) electrons. The lowest BCUT2D eigenvalue weighted by molar-refractivity contribution is 0.281. The van der Waals surface area contributed by atoms with Gasteiger partial charge in [0.2, 0.25) is 0 Å². The van der Waals surface area contributed by atoms with Crippen LogP contribution in [-0.4, -0.2) is 33.0 Å². The quantitative estimate of drug-likeness (QED) is 0.579. The summed E-state index contributed by atoms with van der Waals surface area (Å²) >= 11 is 1.43. The van der Waals surface area contributed by atoms with Crippen LogP contribution in [0.4, 0.5) is 0 Å². The van der Waals surface area contributed by atoms with Crippen molar-refractivity contribution < 1.29 is 5.11 Å². The van der Waals surface area contributed by atoms with Crippen molar-refractivity contribution in [1.82, 2.24) is 9.97 Å². The molecule has 0 spiro atoms. The van der Waals surface area contributed by atoms with Crippen molar-refractivity contribution in [3.63, 3.8) is 0 Å². The molecule has 84 valence electrons. The van der Waals surface area contributed by atoms with E-state index in [4.69, 9.17) is 5.73 Å². The van der Waals surface area contributed by atoms with Gasteiger partial charge >= 0.3 is 0 Å². The van der Waals surface area contributed by atoms with Gasteiger partial charge in [0.1, 0.15) is 0 Å². The molecule has 5 heteroatoms. The first-order valence-electron chi connectivity index (χ1n) is 4.99. The fourth-order valence-corrected chi connectivity index (χ4v) is 2.04. The summed E-state index contributed by atoms with van der Waals surface area (Å²) in [5, 5.41) is 9.83. The Morgan fingerprint density at radius 1 is 1.47 bits per heavy atom. The molecule has 0 saturated carbocycles. The van der Waals surface area contributed by atoms with E-state index in [1.165, 1.54) is 11.8 Å². The highest BCUT2D eigenvalue weighted by Gasteiger charge is 2.17. The molecule has 0 aliphatic carbocycles. The van der Waals surface area contributed by atoms with Crippen LogP contribution in [0.25, 0.3) is 0 Å². The van der Waals surface area contributed by atoms with E-state index in [0.717, 1.165) is 12.0 Å². The minimum Gasteiger partial charge on any atom is -0.395 e. The Balaban J connectivity index is 2.62. The van der Waals surface area contributed by atoms with E-state index in [-0.39, 0.29) is 17.9 Å². The molecule has 15 heavy (non-hydrogen) atoms. The average molecular weight is 227 g/mol. The van der Waals surface area contributed by atoms with Crippen LogP contribution >= 0.6 is 11.8 Å². The second kappa shape index (κ2) is 6.05. The average Bonchev–Trinajstić information content (AvgIpc) is 2.27. The molecule has 2 unspecified atom stereocenters. The molecule has 1 aromatic heterocycles. The predicted octanol–water partition coefficient (Wildman–Crippen LogP) is 0.975. The maximum atomic E-state index is 9.19. The van der Waals surface area contributed by atoms with Crippen LogP contribution in [0.15, 0.2) is 17.6 Å². The lowest BCUT2D eigenvalue weighted by atomic mass is 10.2. The number of hydrogen-bond donors (Lipinski definition) is 2. The van der Waals surface area contributed by atoms with Crippen LogP contribution in [0.5, 0.6) is 0 Å². The van der Waals surface area contributed by atoms with Gasteiger partial charge in [0.25, 0.3) is 0 Å². The van der Waals surface area contributed by atoms with Gasteiger partial charge in [0.05, 0.1) is 11.9 Å². The van der Waals surface area contributed by atoms with Crippen LogP contribution in [0.1, 0.15) is 18.9 Å². The van der Waals surface area contributed by atoms with Crippen LogP contribution < -0.4 is 5.73 Å². The molecule has 0 bridgehead atoms. The van der Waals surface area contributed by atoms with E-state index < -0.39 is 0 Å². The normalized spacial score (nSPS) is 14.9. The van der Waals surface area contributed by atoms with Gasteiger partial charge in [0.15, 0.2) is 5.16 Å². The van der Waals surface area contributed by atoms with Crippen molar-refractivity contribution in [1.29, 1.82) is 0 Å². The summed E-state index contributed by atoms with van der Waals surface area (Å²) in [6.07, 6.45) is 4.37. The summed E-state index contributed by atoms with van der Waals surface area (Å²) in [5.41, 5.74) is 6.90. The van der Waals surface area contributed by atoms with Crippen molar-refractivity contribution in [3.8, 4) is 0 Å². The van der Waals surface area contributed by atoms with E-state index in [0.29, 0.717) is 5.16 Å². The molecule has 0 saturated heterocycles. The first kappa shape index (κ1) is 12.4. The lowest BCUT2D eigenvalue weighted by Gasteiger charge is -2.18. The minimum atomic E-state index is -0.0299. The Hall–Kier alpha value is -0.650. The van der Waals surface area contributed by atoms with Crippen molar-refractivity contribution in [2.24, 2.45) is 5.73 Å². The number of nitrogens with zero attached hydrogens (tertiary/aromatic N) is 2. The third kappa shape index (κ3) is 3.77. The van der Waals surface area contributed by atoms with Gasteiger partial charge in [-0.1, -0.05) is 18.7 Å². The third-order valence-corrected chi connectivity index (χ3v) is 3.37. The van der Waals surface area contributed by atoms with Gasteiger partial charge in [-0.15, -0.1) is 0 Å². The number of aromatic nitrogens is 2. The van der Waals surface area contributed by atoms with Crippen molar-refractivity contribution in [2.45, 2.75) is 36.7 Å². The Bertz CT molecular complexity index is 291. The van der Waals surface area contributed by atoms with Gasteiger partial charge in [-0.3, -0.25) is 0 Å². The third-order valence-electron chi connectivity index (χ3n) is 2.14. The van der Waals surface area contributed by atoms with E-state index in [2.05, 4.69) is 9.97 Å². The van der Waals surface area contributed by atoms with Crippen molar-refractivity contribution in [3.05, 3.63) is 18.0 Å². The van der Waals surface area contributed by atoms with E-state index >= 15 is 0 Å². The fourth-order valence-electron chi connectivity index (χ4n) is 1.10. The molecule has 2 atom stereocenters. The predicted molar refractivity (Wildman–Crippen MR) is 61.8 cm³/mol. The SMILES string of the molecule is CCC(N)C(CO)Sc1ncc(C)cn1. The molecule has 0 amide bonds. The number of thioether (sulfide) groups is 1. The highest BCUT2D eigenvalue weighted by atomic mass is 32.2. The zero-order valence-electron chi connectivity index (χ0n) is 9.05. The Morgan fingerprint density at radius 2 is 2.07 bits per heavy atom. The summed E-state index contributed by atoms with van der Waals surface area (Å²) < 4.78 is 0. The molecule has 3 N–H and O–H groups in total. The maximum absolute atomic E-state index is 9.19. The molecule has 0 fully saturated rings. The zero-order chi connectivity index (χ0) is 11.3. The molecular weight excluding hydrogens is 210 g/mol. The summed E-state index contributed by atoms with van der Waals surface area (Å²) in [7, 11) is 0. The summed E-state index contributed by atoms with van der Waals surface area (Å²) in [5.74, 6) is 0. The van der Waals surface area contributed by atoms with Gasteiger partial charge in [-0.2, -0.15) is 0 Å². The summed E-state index contributed by atoms with van der Waals surface area (Å²) in [4.78, 5) is 8.34. The Morgan fingerprint density at radius 3 is 2.53 bits per heavy atom. The van der Waals surface area contributed by atoms with Crippen LogP contribution in [0.2, 0.25) is 0 Å². The molecule has 4 nitrogen and oxygen atoms in total. The Kier molecular flexibility index (Phi) is 5.01. The van der Waals surface area contributed by atoms with Crippen molar-refractivity contribution >= 4 is 11.8 Å². The Labute approximate surface area is 94.3 Å². The molecule has 1 aromatic rings. The molecule has 0 aliphatic heterocycles. The van der Waals surface area contributed by atoms with Crippen molar-refractivity contribution in [2.75, 3.05) is 6.61 Å². The van der Waals surface area contributed by atoms with Gasteiger partial charge in [0, 0.05) is 18.4 Å². The van der Waals surface area contributed by atoms with Gasteiger partial charge in [-0.05, 0) is 18.9 Å². The van der Waals surface area contributed by atoms with E-state index in [1.54, 1.807) is 12.4 Å². The minimum absolute atomic E-state index is 0.0232. The monoisotopic (exact) mass is 227 g/mol. The van der Waals surface area contributed by atoms with E-state index in [1.807, 2.05) is 13.8 Å². The number of nitrogens with two attached hydrogens (primary N) is 1. The van der Waals surface area contributed by atoms with E-state index in [9.17, 15) is 5.11 Å². The highest BCUT2D eigenvalue weighted by molar-refractivity contribution is 7.99. The van der Waals surface area contributed by atoms with Crippen LogP contribution in [-0.2, 0) is 0 Å². The van der Waals surface area contributed by atoms with Crippen LogP contribution in [0, 0.1) is 6.92 Å². The highest BCUT2D eigenvalue weighted by Crippen LogP contribution is 2.21. The first-order chi connectivity index (χ1) is 7.17. The number of hydrogen-bond acceptors (Lipinski definition) is 5. The summed E-state index contributed by atoms with van der Waals surface area (Å²) in [6, 6.07) is -0.0232. The molecule has 1 heterocycles. The van der Waals surface area contributed by atoms with Gasteiger partial charge in [-0.25, -0.2) is 9.97 Å². The standard InChI is InChI=1S/C10H17N3OS/c1-3-8(11)9(6-14)15-10-12-4-7(2)5-13-10/h4-5,8-9,14H,3,6,11H2,1-2H3. The second-order valence-electron chi connectivity index (χ2n) is 3.45. The number of aliphatic hydroxyl groups excluding tert-OH is 1. The largest absolute Gasteiger partial charge is 0.395 e. The van der Waals surface area contributed by atoms with Crippen LogP contribution in [0.3, 0.4) is 0 Å². The smallest absolute Gasteiger partial charge is 0.187 e. The fraction of sp³-hybridized carbons (Fsp3) is 0.600. The summed E-state index contributed by atoms with van der Waals surface area (Å²) in [6.45, 7) is 4.00. The topological polar surface area (TPSA) is 72.0 Å². The lowest BCUT2D eigenvalue weighted by Crippen LogP contribution is -2.34. The van der Waals surface area contributed by atoms with Gasteiger partial charge < -0.3 is 10.8 Å². The molecule has 0 aliphatic rings. The number of aryl methyl sites for hydroxylation is 1. The molecule has 1 rings (SSSR count).